The van der Waals surface area contributed by atoms with Gasteiger partial charge >= 0.3 is 0 Å². The van der Waals surface area contributed by atoms with E-state index in [-0.39, 0.29) is 11.7 Å². The topological polar surface area (TPSA) is 66.6 Å². The molecule has 0 radical (unpaired) electrons. The van der Waals surface area contributed by atoms with Crippen molar-refractivity contribution in [3.63, 3.8) is 0 Å². The van der Waals surface area contributed by atoms with E-state index in [2.05, 4.69) is 32.3 Å². The smallest absolute Gasteiger partial charge is 0.276 e. The van der Waals surface area contributed by atoms with Crippen LogP contribution in [0.2, 0.25) is 0 Å². The van der Waals surface area contributed by atoms with Crippen LogP contribution in [0.3, 0.4) is 0 Å². The summed E-state index contributed by atoms with van der Waals surface area (Å²) in [5, 5.41) is 13.2. The molecule has 7 nitrogen and oxygen atoms in total. The van der Waals surface area contributed by atoms with Gasteiger partial charge in [-0.25, -0.2) is 8.91 Å². The summed E-state index contributed by atoms with van der Waals surface area (Å²) in [6.45, 7) is 6.46. The molecule has 32 heavy (non-hydrogen) atoms. The zero-order valence-corrected chi connectivity index (χ0v) is 18.0. The van der Waals surface area contributed by atoms with Crippen molar-refractivity contribution in [2.75, 3.05) is 31.1 Å². The second kappa shape index (κ2) is 8.03. The first-order chi connectivity index (χ1) is 15.5. The first-order valence-electron chi connectivity index (χ1n) is 10.6. The molecule has 3 heterocycles. The Bertz CT molecular complexity index is 1280. The quantitative estimate of drug-likeness (QED) is 0.498. The summed E-state index contributed by atoms with van der Waals surface area (Å²) in [6.07, 6.45) is 0. The molecule has 0 saturated carbocycles. The molecule has 0 unspecified atom stereocenters. The maximum Gasteiger partial charge on any atom is 0.276 e. The molecule has 1 saturated heterocycles. The van der Waals surface area contributed by atoms with Crippen LogP contribution in [-0.2, 0) is 0 Å². The minimum atomic E-state index is -0.301. The van der Waals surface area contributed by atoms with Gasteiger partial charge in [-0.15, -0.1) is 10.2 Å². The van der Waals surface area contributed by atoms with Gasteiger partial charge in [-0.05, 0) is 43.7 Å². The molecular weight excluding hydrogens is 407 g/mol. The molecule has 162 valence electrons. The van der Waals surface area contributed by atoms with E-state index in [9.17, 15) is 9.18 Å². The molecule has 0 bridgehead atoms. The van der Waals surface area contributed by atoms with E-state index < -0.39 is 0 Å². The molecule has 0 atom stereocenters. The van der Waals surface area contributed by atoms with Crippen molar-refractivity contribution >= 4 is 17.2 Å². The van der Waals surface area contributed by atoms with Crippen molar-refractivity contribution in [2.24, 2.45) is 0 Å². The fraction of sp³-hybridized carbons (Fsp3) is 0.250. The third-order valence-corrected chi connectivity index (χ3v) is 5.96. The number of fused-ring (bicyclic) bond motifs is 1. The summed E-state index contributed by atoms with van der Waals surface area (Å²) in [6, 6.07) is 16.4. The van der Waals surface area contributed by atoms with Crippen LogP contribution in [0.4, 0.5) is 10.1 Å². The van der Waals surface area contributed by atoms with Crippen LogP contribution >= 0.6 is 0 Å². The van der Waals surface area contributed by atoms with E-state index in [0.29, 0.717) is 30.1 Å². The van der Waals surface area contributed by atoms with Crippen molar-refractivity contribution < 1.29 is 9.18 Å². The number of rotatable bonds is 3. The lowest BCUT2D eigenvalue weighted by molar-refractivity contribution is 0.0738. The number of aromatic nitrogens is 4. The number of carbonyl (C=O) groups is 1. The highest BCUT2D eigenvalue weighted by atomic mass is 19.1. The molecular formula is C24H23FN6O. The Labute approximate surface area is 185 Å². The van der Waals surface area contributed by atoms with Crippen LogP contribution in [0.1, 0.15) is 21.9 Å². The number of anilines is 1. The van der Waals surface area contributed by atoms with Crippen LogP contribution in [0, 0.1) is 19.7 Å². The van der Waals surface area contributed by atoms with Crippen molar-refractivity contribution in [2.45, 2.75) is 13.8 Å². The minimum absolute atomic E-state index is 0.138. The van der Waals surface area contributed by atoms with Crippen LogP contribution in [-0.4, -0.2) is 56.8 Å². The maximum absolute atomic E-state index is 13.4. The number of hydrogen-bond donors (Lipinski definition) is 0. The molecule has 0 N–H and O–H groups in total. The maximum atomic E-state index is 13.4. The van der Waals surface area contributed by atoms with E-state index in [4.69, 9.17) is 0 Å². The number of para-hydroxylation sites is 1. The first kappa shape index (κ1) is 20.1. The van der Waals surface area contributed by atoms with Crippen molar-refractivity contribution in [1.82, 2.24) is 24.7 Å². The Morgan fingerprint density at radius 2 is 1.59 bits per heavy atom. The summed E-state index contributed by atoms with van der Waals surface area (Å²) in [4.78, 5) is 17.3. The Morgan fingerprint density at radius 3 is 2.28 bits per heavy atom. The molecule has 1 aliphatic heterocycles. The molecule has 4 aromatic rings. The number of hydrogen-bond acceptors (Lipinski definition) is 5. The Morgan fingerprint density at radius 1 is 0.906 bits per heavy atom. The molecule has 1 fully saturated rings. The average molecular weight is 430 g/mol. The first-order valence-corrected chi connectivity index (χ1v) is 10.6. The van der Waals surface area contributed by atoms with E-state index in [1.54, 1.807) is 16.6 Å². The minimum Gasteiger partial charge on any atom is -0.368 e. The highest BCUT2D eigenvalue weighted by Crippen LogP contribution is 2.28. The van der Waals surface area contributed by atoms with E-state index >= 15 is 0 Å². The molecule has 0 spiro atoms. The standard InChI is InChI=1S/C24H23FN6O/c1-16-21(18-8-10-19(25)11-9-18)23-27-26-22(17(2)31(23)28-16)24(32)30-14-12-29(13-15-30)20-6-4-3-5-7-20/h3-11H,12-15H2,1-2H3. The highest BCUT2D eigenvalue weighted by molar-refractivity contribution is 5.94. The van der Waals surface area contributed by atoms with Crippen LogP contribution in [0.5, 0.6) is 0 Å². The summed E-state index contributed by atoms with van der Waals surface area (Å²) >= 11 is 0. The van der Waals surface area contributed by atoms with Crippen LogP contribution in [0.25, 0.3) is 16.8 Å². The predicted molar refractivity (Wildman–Crippen MR) is 120 cm³/mol. The van der Waals surface area contributed by atoms with Gasteiger partial charge in [-0.1, -0.05) is 30.3 Å². The largest absolute Gasteiger partial charge is 0.368 e. The van der Waals surface area contributed by atoms with Gasteiger partial charge in [0, 0.05) is 31.9 Å². The number of amides is 1. The lowest BCUT2D eigenvalue weighted by atomic mass is 10.1. The zero-order valence-electron chi connectivity index (χ0n) is 18.0. The van der Waals surface area contributed by atoms with Crippen molar-refractivity contribution in [3.05, 3.63) is 77.5 Å². The van der Waals surface area contributed by atoms with E-state index in [0.717, 1.165) is 35.6 Å². The predicted octanol–water partition coefficient (Wildman–Crippen LogP) is 3.51. The molecule has 2 aromatic heterocycles. The zero-order chi connectivity index (χ0) is 22.2. The molecule has 1 aliphatic rings. The van der Waals surface area contributed by atoms with Gasteiger partial charge in [0.25, 0.3) is 5.91 Å². The third-order valence-electron chi connectivity index (χ3n) is 5.96. The number of nitrogens with zero attached hydrogens (tertiary/aromatic N) is 6. The van der Waals surface area contributed by atoms with Crippen molar-refractivity contribution in [3.8, 4) is 11.1 Å². The van der Waals surface area contributed by atoms with Gasteiger partial charge in [-0.3, -0.25) is 4.79 Å². The third kappa shape index (κ3) is 3.47. The molecule has 2 aromatic carbocycles. The fourth-order valence-electron chi connectivity index (χ4n) is 4.22. The molecule has 1 amide bonds. The van der Waals surface area contributed by atoms with Gasteiger partial charge < -0.3 is 9.80 Å². The normalized spacial score (nSPS) is 14.2. The second-order valence-electron chi connectivity index (χ2n) is 7.95. The van der Waals surface area contributed by atoms with Crippen LogP contribution < -0.4 is 4.90 Å². The van der Waals surface area contributed by atoms with Crippen LogP contribution in [0.15, 0.2) is 54.6 Å². The summed E-state index contributed by atoms with van der Waals surface area (Å²) in [5.41, 5.74) is 5.00. The average Bonchev–Trinajstić information content (AvgIpc) is 3.17. The monoisotopic (exact) mass is 430 g/mol. The Kier molecular flexibility index (Phi) is 5.05. The number of aryl methyl sites for hydroxylation is 2. The lowest BCUT2D eigenvalue weighted by Crippen LogP contribution is -2.49. The van der Waals surface area contributed by atoms with Gasteiger partial charge in [-0.2, -0.15) is 5.10 Å². The van der Waals surface area contributed by atoms with E-state index in [1.165, 1.54) is 12.1 Å². The number of piperazine rings is 1. The number of halogens is 1. The SMILES string of the molecule is Cc1nn2c(C)c(C(=O)N3CCN(c4ccccc4)CC3)nnc2c1-c1ccc(F)cc1. The fourth-order valence-corrected chi connectivity index (χ4v) is 4.22. The molecule has 5 rings (SSSR count). The Hall–Kier alpha value is -3.81. The molecule has 0 aliphatic carbocycles. The molecule has 8 heteroatoms. The van der Waals surface area contributed by atoms with Gasteiger partial charge in [0.1, 0.15) is 5.82 Å². The van der Waals surface area contributed by atoms with Crippen molar-refractivity contribution in [1.29, 1.82) is 0 Å². The van der Waals surface area contributed by atoms with Gasteiger partial charge in [0.05, 0.1) is 17.0 Å². The lowest BCUT2D eigenvalue weighted by Gasteiger charge is -2.36. The second-order valence-corrected chi connectivity index (χ2v) is 7.95. The summed E-state index contributed by atoms with van der Waals surface area (Å²) in [5.74, 6) is -0.438. The van der Waals surface area contributed by atoms with Gasteiger partial charge in [0.2, 0.25) is 0 Å². The van der Waals surface area contributed by atoms with Gasteiger partial charge in [0.15, 0.2) is 11.3 Å². The number of benzene rings is 2. The Balaban J connectivity index is 1.41. The highest BCUT2D eigenvalue weighted by Gasteiger charge is 2.27. The van der Waals surface area contributed by atoms with E-state index in [1.807, 2.05) is 36.9 Å². The summed E-state index contributed by atoms with van der Waals surface area (Å²) in [7, 11) is 0. The summed E-state index contributed by atoms with van der Waals surface area (Å²) < 4.78 is 15.0. The number of carbonyl (C=O) groups excluding carboxylic acids is 1.